The van der Waals surface area contributed by atoms with E-state index in [1.54, 1.807) is 0 Å². The van der Waals surface area contributed by atoms with Crippen molar-refractivity contribution >= 4 is 18.4 Å². The molecule has 0 N–H and O–H groups in total. The van der Waals surface area contributed by atoms with E-state index in [1.165, 1.54) is 22.3 Å². The predicted molar refractivity (Wildman–Crippen MR) is 145 cm³/mol. The van der Waals surface area contributed by atoms with Gasteiger partial charge in [-0.2, -0.15) is 5.26 Å². The number of carbonyl (C=O) groups is 1. The van der Waals surface area contributed by atoms with Crippen molar-refractivity contribution in [3.63, 3.8) is 0 Å². The summed E-state index contributed by atoms with van der Waals surface area (Å²) in [5, 5.41) is 9.06. The van der Waals surface area contributed by atoms with Gasteiger partial charge in [-0.1, -0.05) is 54.6 Å². The van der Waals surface area contributed by atoms with Crippen LogP contribution in [0, 0.1) is 11.3 Å². The second-order valence-corrected chi connectivity index (χ2v) is 9.05. The monoisotopic (exact) mass is 512 g/mol. The van der Waals surface area contributed by atoms with Crippen LogP contribution < -0.4 is 0 Å². The highest BCUT2D eigenvalue weighted by Crippen LogP contribution is 2.30. The maximum Gasteiger partial charge on any atom is 0.323 e. The van der Waals surface area contributed by atoms with E-state index < -0.39 is 0 Å². The molecule has 0 unspecified atom stereocenters. The van der Waals surface area contributed by atoms with Crippen molar-refractivity contribution in [2.24, 2.45) is 0 Å². The molecule has 0 fully saturated rings. The number of ether oxygens (including phenoxy) is 1. The van der Waals surface area contributed by atoms with Crippen LogP contribution in [-0.4, -0.2) is 33.1 Å². The summed E-state index contributed by atoms with van der Waals surface area (Å²) in [5.74, 6) is -0.187. The smallest absolute Gasteiger partial charge is 0.323 e. The minimum atomic E-state index is -0.349. The topological polar surface area (TPSA) is 71.2 Å². The molecule has 0 bridgehead atoms. The molecule has 5 rings (SSSR count). The van der Waals surface area contributed by atoms with Gasteiger partial charge in [0, 0.05) is 25.8 Å². The molecule has 1 aromatic heterocycles. The number of imidazole rings is 1. The van der Waals surface area contributed by atoms with Crippen LogP contribution in [0.2, 0.25) is 0 Å². The SMILES string of the molecule is CCOC(=O)[C@@H]1Cc2ccc(-c3ccccc3)cc2CN1Cc1cncn1Cc1ccc(C#N)cc1.Cl. The molecule has 0 amide bonds. The first-order valence-electron chi connectivity index (χ1n) is 12.2. The molecule has 0 spiro atoms. The number of hydrogen-bond acceptors (Lipinski definition) is 5. The Balaban J connectivity index is 0.00000320. The van der Waals surface area contributed by atoms with E-state index in [9.17, 15) is 4.79 Å². The van der Waals surface area contributed by atoms with Gasteiger partial charge < -0.3 is 9.30 Å². The summed E-state index contributed by atoms with van der Waals surface area (Å²) < 4.78 is 7.55. The number of aromatic nitrogens is 2. The molecule has 0 saturated heterocycles. The highest BCUT2D eigenvalue weighted by Gasteiger charge is 2.33. The fraction of sp³-hybridized carbons (Fsp3) is 0.233. The van der Waals surface area contributed by atoms with Gasteiger partial charge in [-0.05, 0) is 59.4 Å². The molecule has 4 aromatic rings. The average Bonchev–Trinajstić information content (AvgIpc) is 3.35. The Labute approximate surface area is 223 Å². The summed E-state index contributed by atoms with van der Waals surface area (Å²) in [7, 11) is 0. The van der Waals surface area contributed by atoms with Gasteiger partial charge in [0.15, 0.2) is 0 Å². The van der Waals surface area contributed by atoms with Crippen molar-refractivity contribution in [2.45, 2.75) is 39.0 Å². The predicted octanol–water partition coefficient (Wildman–Crippen LogP) is 5.38. The van der Waals surface area contributed by atoms with Gasteiger partial charge in [-0.15, -0.1) is 12.4 Å². The molecule has 37 heavy (non-hydrogen) atoms. The minimum Gasteiger partial charge on any atom is -0.465 e. The van der Waals surface area contributed by atoms with E-state index in [2.05, 4.69) is 50.9 Å². The summed E-state index contributed by atoms with van der Waals surface area (Å²) in [6.07, 6.45) is 4.30. The van der Waals surface area contributed by atoms with Crippen molar-refractivity contribution in [2.75, 3.05) is 6.61 Å². The van der Waals surface area contributed by atoms with Gasteiger partial charge in [-0.25, -0.2) is 4.98 Å². The zero-order chi connectivity index (χ0) is 24.9. The largest absolute Gasteiger partial charge is 0.465 e. The number of hydrogen-bond donors (Lipinski definition) is 0. The number of halogens is 1. The van der Waals surface area contributed by atoms with E-state index in [0.29, 0.717) is 38.2 Å². The third kappa shape index (κ3) is 5.91. The number of benzene rings is 3. The first-order valence-corrected chi connectivity index (χ1v) is 12.2. The van der Waals surface area contributed by atoms with Gasteiger partial charge >= 0.3 is 5.97 Å². The van der Waals surface area contributed by atoms with Crippen molar-refractivity contribution in [1.29, 1.82) is 5.26 Å². The Morgan fingerprint density at radius 2 is 1.81 bits per heavy atom. The molecule has 1 aliphatic rings. The number of carbonyl (C=O) groups excluding carboxylic acids is 1. The molecule has 0 radical (unpaired) electrons. The molecule has 3 aromatic carbocycles. The van der Waals surface area contributed by atoms with Crippen molar-refractivity contribution in [3.8, 4) is 17.2 Å². The Kier molecular flexibility index (Phi) is 8.39. The second-order valence-electron chi connectivity index (χ2n) is 9.05. The van der Waals surface area contributed by atoms with Crippen LogP contribution in [0.3, 0.4) is 0 Å². The van der Waals surface area contributed by atoms with E-state index in [4.69, 9.17) is 10.00 Å². The Morgan fingerprint density at radius 1 is 1.03 bits per heavy atom. The fourth-order valence-corrected chi connectivity index (χ4v) is 4.80. The molecule has 6 nitrogen and oxygen atoms in total. The normalized spacial score (nSPS) is 14.8. The lowest BCUT2D eigenvalue weighted by Gasteiger charge is -2.35. The van der Waals surface area contributed by atoms with E-state index >= 15 is 0 Å². The average molecular weight is 513 g/mol. The molecule has 1 aliphatic heterocycles. The van der Waals surface area contributed by atoms with E-state index in [0.717, 1.165) is 11.3 Å². The molecule has 188 valence electrons. The second kappa shape index (κ2) is 11.9. The van der Waals surface area contributed by atoms with Gasteiger partial charge in [0.1, 0.15) is 6.04 Å². The van der Waals surface area contributed by atoms with Crippen LogP contribution >= 0.6 is 12.4 Å². The molecule has 7 heteroatoms. The standard InChI is InChI=1S/C30H28N4O2.ClH/c1-2-36-30(35)29-15-26-13-12-25(24-6-4-3-5-7-24)14-27(26)19-33(29)20-28-17-32-21-34(28)18-23-10-8-22(16-31)9-11-23;/h3-14,17,21,29H,2,15,18-20H2,1H3;1H/t29-;/m0./s1. The summed E-state index contributed by atoms with van der Waals surface area (Å²) in [6, 6.07) is 26.3. The third-order valence-corrected chi connectivity index (χ3v) is 6.70. The zero-order valence-corrected chi connectivity index (χ0v) is 21.5. The molecule has 0 aliphatic carbocycles. The van der Waals surface area contributed by atoms with Gasteiger partial charge in [-0.3, -0.25) is 9.69 Å². The van der Waals surface area contributed by atoms with Gasteiger partial charge in [0.2, 0.25) is 0 Å². The molecular weight excluding hydrogens is 484 g/mol. The highest BCUT2D eigenvalue weighted by atomic mass is 35.5. The fourth-order valence-electron chi connectivity index (χ4n) is 4.80. The van der Waals surface area contributed by atoms with Crippen LogP contribution in [0.5, 0.6) is 0 Å². The quantitative estimate of drug-likeness (QED) is 0.311. The first kappa shape index (κ1) is 26.2. The maximum absolute atomic E-state index is 13.0. The third-order valence-electron chi connectivity index (χ3n) is 6.70. The Morgan fingerprint density at radius 3 is 2.54 bits per heavy atom. The maximum atomic E-state index is 13.0. The molecule has 0 saturated carbocycles. The van der Waals surface area contributed by atoms with Crippen molar-refractivity contribution < 1.29 is 9.53 Å². The molecular formula is C30H29ClN4O2. The van der Waals surface area contributed by atoms with E-state index in [1.807, 2.05) is 61.9 Å². The summed E-state index contributed by atoms with van der Waals surface area (Å²) >= 11 is 0. The lowest BCUT2D eigenvalue weighted by Crippen LogP contribution is -2.46. The van der Waals surface area contributed by atoms with Crippen molar-refractivity contribution in [1.82, 2.24) is 14.5 Å². The highest BCUT2D eigenvalue weighted by molar-refractivity contribution is 5.85. The zero-order valence-electron chi connectivity index (χ0n) is 20.7. The number of rotatable bonds is 7. The van der Waals surface area contributed by atoms with Gasteiger partial charge in [0.25, 0.3) is 0 Å². The van der Waals surface area contributed by atoms with Gasteiger partial charge in [0.05, 0.1) is 30.3 Å². The summed E-state index contributed by atoms with van der Waals surface area (Å²) in [5.41, 5.74) is 7.53. The number of nitrogens with zero attached hydrogens (tertiary/aromatic N) is 4. The van der Waals surface area contributed by atoms with Crippen LogP contribution in [-0.2, 0) is 35.6 Å². The van der Waals surface area contributed by atoms with E-state index in [-0.39, 0.29) is 24.4 Å². The summed E-state index contributed by atoms with van der Waals surface area (Å²) in [6.45, 7) is 4.08. The number of fused-ring (bicyclic) bond motifs is 1. The molecule has 2 heterocycles. The number of nitriles is 1. The first-order chi connectivity index (χ1) is 17.6. The minimum absolute atomic E-state index is 0. The van der Waals surface area contributed by atoms with Crippen LogP contribution in [0.4, 0.5) is 0 Å². The lowest BCUT2D eigenvalue weighted by molar-refractivity contribution is -0.150. The molecule has 1 atom stereocenters. The summed E-state index contributed by atoms with van der Waals surface area (Å²) in [4.78, 5) is 19.5. The Bertz CT molecular complexity index is 1390. The lowest BCUT2D eigenvalue weighted by atomic mass is 9.90. The van der Waals surface area contributed by atoms with Crippen molar-refractivity contribution in [3.05, 3.63) is 113 Å². The van der Waals surface area contributed by atoms with Crippen LogP contribution in [0.1, 0.15) is 34.9 Å². The Hall–Kier alpha value is -3.92. The van der Waals surface area contributed by atoms with Crippen LogP contribution in [0.25, 0.3) is 11.1 Å². The number of esters is 1. The van der Waals surface area contributed by atoms with Crippen LogP contribution in [0.15, 0.2) is 85.3 Å².